The van der Waals surface area contributed by atoms with Gasteiger partial charge in [0.05, 0.1) is 17.2 Å². The van der Waals surface area contributed by atoms with Crippen LogP contribution in [0.15, 0.2) is 12.1 Å². The summed E-state index contributed by atoms with van der Waals surface area (Å²) in [7, 11) is 0. The van der Waals surface area contributed by atoms with Gasteiger partial charge in [0, 0.05) is 18.0 Å². The summed E-state index contributed by atoms with van der Waals surface area (Å²) in [5, 5.41) is 9.49. The van der Waals surface area contributed by atoms with Crippen molar-refractivity contribution in [1.82, 2.24) is 4.90 Å². The van der Waals surface area contributed by atoms with Gasteiger partial charge in [-0.1, -0.05) is 37.8 Å². The molecule has 1 amide bonds. The molecule has 1 aromatic rings. The highest BCUT2D eigenvalue weighted by molar-refractivity contribution is 6.32. The Hall–Kier alpha value is -1.82. The van der Waals surface area contributed by atoms with Gasteiger partial charge >= 0.3 is 5.97 Å². The highest BCUT2D eigenvalue weighted by Crippen LogP contribution is 2.50. The van der Waals surface area contributed by atoms with Crippen LogP contribution in [-0.4, -0.2) is 41.1 Å². The quantitative estimate of drug-likeness (QED) is 0.616. The number of rotatable bonds is 6. The fourth-order valence-corrected chi connectivity index (χ4v) is 6.26. The average Bonchev–Trinajstić information content (AvgIpc) is 3.23. The Kier molecular flexibility index (Phi) is 6.47. The first-order chi connectivity index (χ1) is 14.8. The molecule has 31 heavy (non-hydrogen) atoms. The van der Waals surface area contributed by atoms with Crippen molar-refractivity contribution in [2.75, 3.05) is 13.2 Å². The minimum atomic E-state index is -1.07. The van der Waals surface area contributed by atoms with Crippen molar-refractivity contribution in [1.29, 1.82) is 0 Å². The standard InChI is InChI=1S/C24H31ClFNO4/c1-2-24(12-15-5-3-6-16(9-15)13-24)14-31-21-11-19(26)17(10-18(21)25)22(28)27-8-4-7-20(27)23(29)30/h10-11,15-16,20H,2-9,12-14H2,1H3,(H,29,30)/t15?,16?,20-,24?/m0/s1. The summed E-state index contributed by atoms with van der Waals surface area (Å²) in [6.45, 7) is 2.99. The molecule has 4 rings (SSSR count). The van der Waals surface area contributed by atoms with E-state index in [2.05, 4.69) is 6.92 Å². The van der Waals surface area contributed by atoms with E-state index in [0.29, 0.717) is 26.0 Å². The molecule has 5 nitrogen and oxygen atoms in total. The number of fused-ring (bicyclic) bond motifs is 2. The fourth-order valence-electron chi connectivity index (χ4n) is 6.04. The van der Waals surface area contributed by atoms with Crippen molar-refractivity contribution >= 4 is 23.5 Å². The molecule has 3 aliphatic rings. The number of ether oxygens (including phenoxy) is 1. The second kappa shape index (κ2) is 8.97. The predicted octanol–water partition coefficient (Wildman–Crippen LogP) is 5.54. The van der Waals surface area contributed by atoms with E-state index in [9.17, 15) is 19.1 Å². The molecule has 2 saturated carbocycles. The van der Waals surface area contributed by atoms with Crippen LogP contribution in [0.25, 0.3) is 0 Å². The molecule has 1 aromatic carbocycles. The van der Waals surface area contributed by atoms with E-state index in [-0.39, 0.29) is 21.8 Å². The van der Waals surface area contributed by atoms with E-state index in [1.165, 1.54) is 42.7 Å². The Bertz CT molecular complexity index is 848. The van der Waals surface area contributed by atoms with E-state index in [0.717, 1.165) is 31.1 Å². The zero-order chi connectivity index (χ0) is 22.2. The first kappa shape index (κ1) is 22.4. The molecule has 1 N–H and O–H groups in total. The Labute approximate surface area is 187 Å². The topological polar surface area (TPSA) is 66.8 Å². The Morgan fingerprint density at radius 1 is 1.23 bits per heavy atom. The third-order valence-corrected chi connectivity index (χ3v) is 7.96. The van der Waals surface area contributed by atoms with Crippen molar-refractivity contribution in [2.45, 2.75) is 70.8 Å². The maximum absolute atomic E-state index is 14.9. The van der Waals surface area contributed by atoms with Gasteiger partial charge in [-0.25, -0.2) is 9.18 Å². The number of carboxylic acids is 1. The van der Waals surface area contributed by atoms with Crippen LogP contribution in [0.2, 0.25) is 5.02 Å². The van der Waals surface area contributed by atoms with Gasteiger partial charge in [-0.05, 0) is 56.4 Å². The Morgan fingerprint density at radius 2 is 1.94 bits per heavy atom. The first-order valence-electron chi connectivity index (χ1n) is 11.5. The third-order valence-electron chi connectivity index (χ3n) is 7.67. The lowest BCUT2D eigenvalue weighted by molar-refractivity contribution is -0.141. The highest BCUT2D eigenvalue weighted by Gasteiger charge is 2.42. The number of carbonyl (C=O) groups excluding carboxylic acids is 1. The number of aliphatic carboxylic acids is 1. The number of amides is 1. The second-order valence-electron chi connectivity index (χ2n) is 9.71. The number of carboxylic acid groups (broad SMARTS) is 1. The molecule has 0 spiro atoms. The van der Waals surface area contributed by atoms with E-state index < -0.39 is 23.7 Å². The predicted molar refractivity (Wildman–Crippen MR) is 116 cm³/mol. The van der Waals surface area contributed by atoms with Crippen LogP contribution in [0.1, 0.15) is 75.1 Å². The maximum atomic E-state index is 14.9. The number of likely N-dealkylation sites (tertiary alicyclic amines) is 1. The van der Waals surface area contributed by atoms with Gasteiger partial charge in [0.2, 0.25) is 0 Å². The SMILES string of the molecule is CCC1(COc2cc(F)c(C(=O)N3CCC[C@H]3C(=O)O)cc2Cl)CC2CCCC(C2)C1. The molecule has 1 saturated heterocycles. The van der Waals surface area contributed by atoms with Crippen molar-refractivity contribution < 1.29 is 23.8 Å². The first-order valence-corrected chi connectivity index (χ1v) is 11.9. The summed E-state index contributed by atoms with van der Waals surface area (Å²) < 4.78 is 20.9. The molecule has 0 radical (unpaired) electrons. The molecule has 0 aromatic heterocycles. The number of hydrogen-bond acceptors (Lipinski definition) is 3. The van der Waals surface area contributed by atoms with Gasteiger partial charge < -0.3 is 14.7 Å². The van der Waals surface area contributed by atoms with E-state index >= 15 is 0 Å². The smallest absolute Gasteiger partial charge is 0.326 e. The zero-order valence-electron chi connectivity index (χ0n) is 18.0. The molecule has 170 valence electrons. The molecular weight excluding hydrogens is 421 g/mol. The lowest BCUT2D eigenvalue weighted by Crippen LogP contribution is -2.40. The number of halogens is 2. The molecule has 2 aliphatic carbocycles. The molecule has 3 atom stereocenters. The van der Waals surface area contributed by atoms with Crippen LogP contribution in [0.5, 0.6) is 5.75 Å². The second-order valence-corrected chi connectivity index (χ2v) is 10.1. The highest BCUT2D eigenvalue weighted by atomic mass is 35.5. The monoisotopic (exact) mass is 451 g/mol. The molecule has 2 unspecified atom stereocenters. The number of nitrogens with zero attached hydrogens (tertiary/aromatic N) is 1. The Morgan fingerprint density at radius 3 is 2.58 bits per heavy atom. The van der Waals surface area contributed by atoms with Crippen molar-refractivity contribution in [3.63, 3.8) is 0 Å². The third kappa shape index (κ3) is 4.55. The minimum Gasteiger partial charge on any atom is -0.491 e. The van der Waals surface area contributed by atoms with Crippen molar-refractivity contribution in [2.24, 2.45) is 17.3 Å². The minimum absolute atomic E-state index is 0.0898. The van der Waals surface area contributed by atoms with Crippen LogP contribution in [0, 0.1) is 23.1 Å². The van der Waals surface area contributed by atoms with Gasteiger partial charge in [0.15, 0.2) is 0 Å². The lowest BCUT2D eigenvalue weighted by atomic mass is 9.60. The van der Waals surface area contributed by atoms with Gasteiger partial charge in [-0.15, -0.1) is 0 Å². The number of hydrogen-bond donors (Lipinski definition) is 1. The van der Waals surface area contributed by atoms with Crippen molar-refractivity contribution in [3.8, 4) is 5.75 Å². The summed E-state index contributed by atoms with van der Waals surface area (Å²) in [6.07, 6.45) is 9.48. The summed E-state index contributed by atoms with van der Waals surface area (Å²) >= 11 is 6.37. The van der Waals surface area contributed by atoms with Gasteiger partial charge in [0.25, 0.3) is 5.91 Å². The Balaban J connectivity index is 1.48. The van der Waals surface area contributed by atoms with Crippen LogP contribution in [0.3, 0.4) is 0 Å². The van der Waals surface area contributed by atoms with Crippen LogP contribution >= 0.6 is 11.6 Å². The largest absolute Gasteiger partial charge is 0.491 e. The van der Waals surface area contributed by atoms with Crippen molar-refractivity contribution in [3.05, 3.63) is 28.5 Å². The molecular formula is C24H31ClFNO4. The van der Waals surface area contributed by atoms with Crippen LogP contribution in [-0.2, 0) is 4.79 Å². The summed E-state index contributed by atoms with van der Waals surface area (Å²) in [5.74, 6) is -0.681. The number of benzene rings is 1. The normalized spacial score (nSPS) is 30.3. The molecule has 3 fully saturated rings. The average molecular weight is 452 g/mol. The van der Waals surface area contributed by atoms with E-state index in [1.54, 1.807) is 0 Å². The molecule has 2 bridgehead atoms. The lowest BCUT2D eigenvalue weighted by Gasteiger charge is -2.46. The summed E-state index contributed by atoms with van der Waals surface area (Å²) in [6, 6.07) is 1.53. The number of carbonyl (C=O) groups is 2. The molecule has 1 aliphatic heterocycles. The van der Waals surface area contributed by atoms with E-state index in [4.69, 9.17) is 16.3 Å². The van der Waals surface area contributed by atoms with E-state index in [1.807, 2.05) is 0 Å². The van der Waals surface area contributed by atoms with Crippen LogP contribution in [0.4, 0.5) is 4.39 Å². The summed E-state index contributed by atoms with van der Waals surface area (Å²) in [5.41, 5.74) is -0.116. The zero-order valence-corrected chi connectivity index (χ0v) is 18.8. The fraction of sp³-hybridized carbons (Fsp3) is 0.667. The van der Waals surface area contributed by atoms with Gasteiger partial charge in [0.1, 0.15) is 17.6 Å². The van der Waals surface area contributed by atoms with Gasteiger partial charge in [-0.2, -0.15) is 0 Å². The molecule has 1 heterocycles. The van der Waals surface area contributed by atoms with Crippen LogP contribution < -0.4 is 4.74 Å². The molecule has 7 heteroatoms. The van der Waals surface area contributed by atoms with Gasteiger partial charge in [-0.3, -0.25) is 4.79 Å². The summed E-state index contributed by atoms with van der Waals surface area (Å²) in [4.78, 5) is 25.4. The maximum Gasteiger partial charge on any atom is 0.326 e.